The van der Waals surface area contributed by atoms with Gasteiger partial charge in [0.15, 0.2) is 0 Å². The van der Waals surface area contributed by atoms with E-state index in [2.05, 4.69) is 17.7 Å². The zero-order chi connectivity index (χ0) is 4.99. The molecule has 0 aliphatic rings. The van der Waals surface area contributed by atoms with E-state index in [4.69, 9.17) is 0 Å². The van der Waals surface area contributed by atoms with Crippen LogP contribution in [-0.4, -0.2) is 33.7 Å². The van der Waals surface area contributed by atoms with Crippen LogP contribution >= 0.6 is 0 Å². The van der Waals surface area contributed by atoms with E-state index in [-0.39, 0.29) is 0 Å². The third-order valence-corrected chi connectivity index (χ3v) is 3.73. The van der Waals surface area contributed by atoms with Crippen LogP contribution in [-0.2, 0) is 0 Å². The van der Waals surface area contributed by atoms with Crippen LogP contribution in [0.1, 0.15) is 13.8 Å². The van der Waals surface area contributed by atoms with Crippen LogP contribution in [0.4, 0.5) is 0 Å². The summed E-state index contributed by atoms with van der Waals surface area (Å²) in [7, 11) is 0. The first-order valence-electron chi connectivity index (χ1n) is 2.49. The van der Waals surface area contributed by atoms with Crippen LogP contribution in [0, 0.1) is 0 Å². The van der Waals surface area contributed by atoms with Crippen molar-refractivity contribution < 1.29 is 0 Å². The number of hydrogen-bond acceptors (Lipinski definition) is 1. The summed E-state index contributed by atoms with van der Waals surface area (Å²) in [6, 6.07) is 0. The molecule has 0 aliphatic heterocycles. The van der Waals surface area contributed by atoms with Crippen LogP contribution in [0.3, 0.4) is 0 Å². The molecule has 0 aromatic rings. The van der Waals surface area contributed by atoms with Gasteiger partial charge in [0.25, 0.3) is 0 Å². The van der Waals surface area contributed by atoms with E-state index < -0.39 is 0 Å². The molecule has 1 nitrogen and oxygen atoms in total. The molecule has 0 N–H and O–H groups in total. The van der Waals surface area contributed by atoms with Crippen LogP contribution < -0.4 is 0 Å². The molecule has 38 valence electrons. The fourth-order valence-corrected chi connectivity index (χ4v) is 0.224. The molecule has 0 saturated heterocycles. The second kappa shape index (κ2) is 3.68. The maximum absolute atomic E-state index is 2.44. The van der Waals surface area contributed by atoms with E-state index in [1.807, 2.05) is 0 Å². The van der Waals surface area contributed by atoms with Gasteiger partial charge in [0, 0.05) is 0 Å². The van der Waals surface area contributed by atoms with Crippen LogP contribution in [0.5, 0.6) is 0 Å². The minimum absolute atomic E-state index is 0.913. The van der Waals surface area contributed by atoms with Gasteiger partial charge in [-0.2, -0.15) is 0 Å². The van der Waals surface area contributed by atoms with Crippen molar-refractivity contribution in [2.24, 2.45) is 0 Å². The van der Waals surface area contributed by atoms with E-state index in [0.29, 0.717) is 0 Å². The fraction of sp³-hybridized carbons (Fsp3) is 1.00. The molecular formula is C4H13GeN. The summed E-state index contributed by atoms with van der Waals surface area (Å²) in [6.07, 6.45) is 0. The van der Waals surface area contributed by atoms with E-state index in [9.17, 15) is 0 Å². The van der Waals surface area contributed by atoms with Crippen molar-refractivity contribution in [1.29, 1.82) is 0 Å². The van der Waals surface area contributed by atoms with Crippen molar-refractivity contribution in [2.45, 2.75) is 13.8 Å². The van der Waals surface area contributed by atoms with Crippen molar-refractivity contribution in [3.63, 3.8) is 0 Å². The van der Waals surface area contributed by atoms with Gasteiger partial charge in [0.05, 0.1) is 0 Å². The van der Waals surface area contributed by atoms with Gasteiger partial charge in [-0.3, -0.25) is 0 Å². The molecule has 0 bridgehead atoms. The zero-order valence-electron chi connectivity index (χ0n) is 4.86. The molecule has 2 heteroatoms. The third kappa shape index (κ3) is 2.72. The normalized spacial score (nSPS) is 10.5. The minimum atomic E-state index is 0.913. The number of nitrogens with zero attached hydrogens (tertiary/aromatic N) is 1. The predicted molar refractivity (Wildman–Crippen MR) is 32.9 cm³/mol. The summed E-state index contributed by atoms with van der Waals surface area (Å²) in [4.78, 5) is 0. The molecule has 0 aromatic heterocycles. The molecule has 0 fully saturated rings. The molecule has 0 amide bonds. The second-order valence-corrected chi connectivity index (χ2v) is 4.14. The monoisotopic (exact) mass is 149 g/mol. The first kappa shape index (κ1) is 6.50. The Bertz CT molecular complexity index is 26.7. The SMILES string of the molecule is CC[N]([GeH3])CC. The fourth-order valence-electron chi connectivity index (χ4n) is 0.224. The average molecular weight is 148 g/mol. The first-order valence-corrected chi connectivity index (χ1v) is 4.37. The Hall–Kier alpha value is 0.503. The molecule has 6 heavy (non-hydrogen) atoms. The predicted octanol–water partition coefficient (Wildman–Crippen LogP) is -0.391. The Kier molecular flexibility index (Phi) is 3.99. The molecule has 0 radical (unpaired) electrons. The number of rotatable bonds is 2. The van der Waals surface area contributed by atoms with Gasteiger partial charge in [-0.1, -0.05) is 0 Å². The Morgan fingerprint density at radius 3 is 1.67 bits per heavy atom. The zero-order valence-corrected chi connectivity index (χ0v) is 9.06. The Labute approximate surface area is 48.2 Å². The van der Waals surface area contributed by atoms with Crippen molar-refractivity contribution >= 4 is 16.7 Å². The van der Waals surface area contributed by atoms with Crippen molar-refractivity contribution in [3.05, 3.63) is 0 Å². The summed E-state index contributed by atoms with van der Waals surface area (Å²) < 4.78 is 2.44. The van der Waals surface area contributed by atoms with E-state index in [0.717, 1.165) is 16.7 Å². The van der Waals surface area contributed by atoms with Crippen LogP contribution in [0.25, 0.3) is 0 Å². The van der Waals surface area contributed by atoms with E-state index in [1.165, 1.54) is 13.1 Å². The summed E-state index contributed by atoms with van der Waals surface area (Å²) in [5.41, 5.74) is 0. The average Bonchev–Trinajstić information content (AvgIpc) is 1.65. The van der Waals surface area contributed by atoms with Gasteiger partial charge in [-0.15, -0.1) is 0 Å². The van der Waals surface area contributed by atoms with Crippen molar-refractivity contribution in [3.8, 4) is 0 Å². The van der Waals surface area contributed by atoms with Crippen molar-refractivity contribution in [1.82, 2.24) is 3.86 Å². The Balaban J connectivity index is 2.75. The van der Waals surface area contributed by atoms with Gasteiger partial charge in [0.1, 0.15) is 0 Å². The molecular weight excluding hydrogens is 135 g/mol. The second-order valence-electron chi connectivity index (χ2n) is 1.49. The standard InChI is InChI=1S/C4H13GeN/c1-3-6(5)4-2/h3-4H2,1-2,5H3. The van der Waals surface area contributed by atoms with Crippen molar-refractivity contribution in [2.75, 3.05) is 13.1 Å². The molecule has 0 heterocycles. The van der Waals surface area contributed by atoms with Gasteiger partial charge in [0.2, 0.25) is 0 Å². The summed E-state index contributed by atoms with van der Waals surface area (Å²) >= 11 is 0.913. The molecule has 0 unspecified atom stereocenters. The summed E-state index contributed by atoms with van der Waals surface area (Å²) in [5, 5.41) is 0. The topological polar surface area (TPSA) is 3.24 Å². The molecule has 0 aliphatic carbocycles. The van der Waals surface area contributed by atoms with Gasteiger partial charge < -0.3 is 0 Å². The van der Waals surface area contributed by atoms with E-state index in [1.54, 1.807) is 0 Å². The Morgan fingerprint density at radius 2 is 1.67 bits per heavy atom. The maximum atomic E-state index is 2.44. The third-order valence-electron chi connectivity index (χ3n) is 1.08. The number of hydrogen-bond donors (Lipinski definition) is 0. The quantitative estimate of drug-likeness (QED) is 0.481. The van der Waals surface area contributed by atoms with Gasteiger partial charge >= 0.3 is 47.5 Å². The molecule has 0 rings (SSSR count). The van der Waals surface area contributed by atoms with Crippen LogP contribution in [0.15, 0.2) is 0 Å². The first-order chi connectivity index (χ1) is 2.81. The summed E-state index contributed by atoms with van der Waals surface area (Å²) in [5.74, 6) is 0. The van der Waals surface area contributed by atoms with E-state index >= 15 is 0 Å². The summed E-state index contributed by atoms with van der Waals surface area (Å²) in [6.45, 7) is 6.90. The molecule has 0 spiro atoms. The van der Waals surface area contributed by atoms with Gasteiger partial charge in [-0.05, 0) is 0 Å². The Morgan fingerprint density at radius 1 is 1.33 bits per heavy atom. The van der Waals surface area contributed by atoms with Crippen LogP contribution in [0.2, 0.25) is 0 Å². The molecule has 0 saturated carbocycles. The molecule has 0 aromatic carbocycles. The van der Waals surface area contributed by atoms with Gasteiger partial charge in [-0.25, -0.2) is 0 Å². The molecule has 0 atom stereocenters.